The first-order valence-electron chi connectivity index (χ1n) is 6.81. The van der Waals surface area contributed by atoms with E-state index in [4.69, 9.17) is 5.11 Å². The van der Waals surface area contributed by atoms with Crippen molar-refractivity contribution in [2.45, 2.75) is 44.7 Å². The van der Waals surface area contributed by atoms with Gasteiger partial charge in [-0.15, -0.1) is 0 Å². The molecule has 1 rings (SSSR count). The van der Waals surface area contributed by atoms with Crippen LogP contribution in [0.15, 0.2) is 30.3 Å². The lowest BCUT2D eigenvalue weighted by atomic mass is 10.0. The van der Waals surface area contributed by atoms with Crippen molar-refractivity contribution in [3.8, 4) is 0 Å². The van der Waals surface area contributed by atoms with E-state index < -0.39 is 12.0 Å². The molecule has 2 atom stereocenters. The molecule has 0 spiro atoms. The Balaban J connectivity index is 2.56. The van der Waals surface area contributed by atoms with Gasteiger partial charge in [0.1, 0.15) is 6.04 Å². The molecule has 2 unspecified atom stereocenters. The van der Waals surface area contributed by atoms with Crippen LogP contribution in [0, 0.1) is 0 Å². The second-order valence-corrected chi connectivity index (χ2v) is 4.77. The molecule has 0 fully saturated rings. The van der Waals surface area contributed by atoms with Gasteiger partial charge in [-0.2, -0.15) is 0 Å². The molecular formula is C15H23NO3. The first kappa shape index (κ1) is 15.7. The molecule has 0 aromatic heterocycles. The molecule has 0 aliphatic carbocycles. The minimum absolute atomic E-state index is 0.0647. The summed E-state index contributed by atoms with van der Waals surface area (Å²) < 4.78 is 0. The van der Waals surface area contributed by atoms with Gasteiger partial charge in [0.25, 0.3) is 0 Å². The number of carbonyl (C=O) groups is 1. The van der Waals surface area contributed by atoms with Crippen LogP contribution in [0.5, 0.6) is 0 Å². The maximum absolute atomic E-state index is 11.2. The highest BCUT2D eigenvalue weighted by molar-refractivity contribution is 5.73. The SMILES string of the molecule is CCCCC(NC(CO)Cc1ccccc1)C(=O)O. The van der Waals surface area contributed by atoms with Gasteiger partial charge in [-0.3, -0.25) is 10.1 Å². The van der Waals surface area contributed by atoms with Crippen LogP contribution >= 0.6 is 0 Å². The van der Waals surface area contributed by atoms with Gasteiger partial charge in [-0.25, -0.2) is 0 Å². The van der Waals surface area contributed by atoms with Gasteiger partial charge < -0.3 is 10.2 Å². The molecule has 0 aliphatic rings. The van der Waals surface area contributed by atoms with Crippen LogP contribution in [0.25, 0.3) is 0 Å². The number of aliphatic hydroxyl groups is 1. The number of rotatable bonds is 9. The molecule has 1 aromatic rings. The molecule has 0 saturated carbocycles. The largest absolute Gasteiger partial charge is 0.480 e. The maximum Gasteiger partial charge on any atom is 0.320 e. The third-order valence-electron chi connectivity index (χ3n) is 3.13. The van der Waals surface area contributed by atoms with Crippen LogP contribution in [0.2, 0.25) is 0 Å². The lowest BCUT2D eigenvalue weighted by molar-refractivity contribution is -0.140. The second-order valence-electron chi connectivity index (χ2n) is 4.77. The molecule has 0 heterocycles. The van der Waals surface area contributed by atoms with Crippen molar-refractivity contribution in [3.05, 3.63) is 35.9 Å². The summed E-state index contributed by atoms with van der Waals surface area (Å²) in [4.78, 5) is 11.2. The van der Waals surface area contributed by atoms with Crippen molar-refractivity contribution in [3.63, 3.8) is 0 Å². The number of hydrogen-bond acceptors (Lipinski definition) is 3. The number of benzene rings is 1. The summed E-state index contributed by atoms with van der Waals surface area (Å²) >= 11 is 0. The van der Waals surface area contributed by atoms with Crippen molar-refractivity contribution in [1.29, 1.82) is 0 Å². The quantitative estimate of drug-likeness (QED) is 0.637. The van der Waals surface area contributed by atoms with Gasteiger partial charge in [0.2, 0.25) is 0 Å². The van der Waals surface area contributed by atoms with Crippen LogP contribution in [0.4, 0.5) is 0 Å². The molecule has 4 heteroatoms. The number of carboxylic acid groups (broad SMARTS) is 1. The van der Waals surface area contributed by atoms with Crippen molar-refractivity contribution < 1.29 is 15.0 Å². The fourth-order valence-electron chi connectivity index (χ4n) is 2.05. The monoisotopic (exact) mass is 265 g/mol. The van der Waals surface area contributed by atoms with Crippen LogP contribution in [-0.2, 0) is 11.2 Å². The Bertz CT molecular complexity index is 367. The molecular weight excluding hydrogens is 242 g/mol. The van der Waals surface area contributed by atoms with Gasteiger partial charge in [-0.1, -0.05) is 50.1 Å². The highest BCUT2D eigenvalue weighted by atomic mass is 16.4. The van der Waals surface area contributed by atoms with E-state index in [2.05, 4.69) is 5.32 Å². The zero-order valence-electron chi connectivity index (χ0n) is 11.4. The Morgan fingerprint density at radius 2 is 2.00 bits per heavy atom. The van der Waals surface area contributed by atoms with E-state index in [0.29, 0.717) is 12.8 Å². The fraction of sp³-hybridized carbons (Fsp3) is 0.533. The number of nitrogens with one attached hydrogen (secondary N) is 1. The Labute approximate surface area is 114 Å². The first-order valence-corrected chi connectivity index (χ1v) is 6.81. The van der Waals surface area contributed by atoms with Gasteiger partial charge >= 0.3 is 5.97 Å². The molecule has 0 aliphatic heterocycles. The Hall–Kier alpha value is -1.39. The number of carboxylic acids is 1. The smallest absolute Gasteiger partial charge is 0.320 e. The normalized spacial score (nSPS) is 14.0. The average Bonchev–Trinajstić information content (AvgIpc) is 2.42. The van der Waals surface area contributed by atoms with Gasteiger partial charge in [0, 0.05) is 6.04 Å². The zero-order chi connectivity index (χ0) is 14.1. The van der Waals surface area contributed by atoms with Gasteiger partial charge in [0.05, 0.1) is 6.61 Å². The third-order valence-corrected chi connectivity index (χ3v) is 3.13. The van der Waals surface area contributed by atoms with Crippen LogP contribution in [-0.4, -0.2) is 34.9 Å². The Morgan fingerprint density at radius 3 is 2.53 bits per heavy atom. The molecule has 0 saturated heterocycles. The summed E-state index contributed by atoms with van der Waals surface area (Å²) in [7, 11) is 0. The summed E-state index contributed by atoms with van der Waals surface area (Å²) in [5.41, 5.74) is 1.09. The van der Waals surface area contributed by atoms with E-state index in [1.54, 1.807) is 0 Å². The average molecular weight is 265 g/mol. The van der Waals surface area contributed by atoms with E-state index in [1.807, 2.05) is 37.3 Å². The summed E-state index contributed by atoms with van der Waals surface area (Å²) in [5.74, 6) is -0.847. The van der Waals surface area contributed by atoms with E-state index in [1.165, 1.54) is 0 Å². The molecule has 1 aromatic carbocycles. The maximum atomic E-state index is 11.2. The first-order chi connectivity index (χ1) is 9.17. The number of hydrogen-bond donors (Lipinski definition) is 3. The molecule has 4 nitrogen and oxygen atoms in total. The summed E-state index contributed by atoms with van der Waals surface area (Å²) in [6.07, 6.45) is 3.06. The van der Waals surface area contributed by atoms with Crippen LogP contribution in [0.1, 0.15) is 31.7 Å². The number of aliphatic hydroxyl groups excluding tert-OH is 1. The van der Waals surface area contributed by atoms with E-state index >= 15 is 0 Å². The van der Waals surface area contributed by atoms with Crippen molar-refractivity contribution >= 4 is 5.97 Å². The van der Waals surface area contributed by atoms with Crippen molar-refractivity contribution in [1.82, 2.24) is 5.32 Å². The molecule has 3 N–H and O–H groups in total. The minimum Gasteiger partial charge on any atom is -0.480 e. The Morgan fingerprint density at radius 1 is 1.32 bits per heavy atom. The fourth-order valence-corrected chi connectivity index (χ4v) is 2.05. The van der Waals surface area contributed by atoms with Crippen molar-refractivity contribution in [2.24, 2.45) is 0 Å². The molecule has 106 valence electrons. The minimum atomic E-state index is -0.847. The molecule has 0 bridgehead atoms. The summed E-state index contributed by atoms with van der Waals surface area (Å²) in [5, 5.41) is 21.6. The topological polar surface area (TPSA) is 69.6 Å². The van der Waals surface area contributed by atoms with Crippen LogP contribution < -0.4 is 5.32 Å². The second kappa shape index (κ2) is 8.67. The number of aliphatic carboxylic acids is 1. The lowest BCUT2D eigenvalue weighted by Crippen LogP contribution is -2.46. The van der Waals surface area contributed by atoms with Gasteiger partial charge in [0.15, 0.2) is 0 Å². The predicted molar refractivity (Wildman–Crippen MR) is 75.1 cm³/mol. The van der Waals surface area contributed by atoms with E-state index in [0.717, 1.165) is 18.4 Å². The molecule has 0 amide bonds. The zero-order valence-corrected chi connectivity index (χ0v) is 11.4. The third kappa shape index (κ3) is 5.85. The molecule has 19 heavy (non-hydrogen) atoms. The van der Waals surface area contributed by atoms with E-state index in [9.17, 15) is 9.90 Å². The van der Waals surface area contributed by atoms with Crippen LogP contribution in [0.3, 0.4) is 0 Å². The highest BCUT2D eigenvalue weighted by Gasteiger charge is 2.20. The van der Waals surface area contributed by atoms with Gasteiger partial charge in [-0.05, 0) is 18.4 Å². The summed E-state index contributed by atoms with van der Waals surface area (Å²) in [6.45, 7) is 1.97. The predicted octanol–water partition coefficient (Wildman–Crippen LogP) is 1.82. The van der Waals surface area contributed by atoms with E-state index in [-0.39, 0.29) is 12.6 Å². The standard InChI is InChI=1S/C15H23NO3/c1-2-3-9-14(15(18)19)16-13(11-17)10-12-7-5-4-6-8-12/h4-8,13-14,16-17H,2-3,9-11H2,1H3,(H,18,19). The highest BCUT2D eigenvalue weighted by Crippen LogP contribution is 2.07. The Kier molecular flexibility index (Phi) is 7.15. The molecule has 0 radical (unpaired) electrons. The summed E-state index contributed by atoms with van der Waals surface area (Å²) in [6, 6.07) is 8.97. The number of unbranched alkanes of at least 4 members (excludes halogenated alkanes) is 1. The lowest BCUT2D eigenvalue weighted by Gasteiger charge is -2.21. The van der Waals surface area contributed by atoms with Crippen molar-refractivity contribution in [2.75, 3.05) is 6.61 Å².